The van der Waals surface area contributed by atoms with Gasteiger partial charge in [-0.25, -0.2) is 5.43 Å². The smallest absolute Gasteiger partial charge is 0.329 e. The van der Waals surface area contributed by atoms with Gasteiger partial charge in [0.1, 0.15) is 5.75 Å². The van der Waals surface area contributed by atoms with Crippen LogP contribution >= 0.6 is 0 Å². The first-order valence-corrected chi connectivity index (χ1v) is 8.99. The maximum absolute atomic E-state index is 12.2. The van der Waals surface area contributed by atoms with E-state index in [1.54, 1.807) is 24.3 Å². The van der Waals surface area contributed by atoms with Crippen LogP contribution < -0.4 is 25.0 Å². The maximum atomic E-state index is 12.2. The molecule has 0 aliphatic carbocycles. The van der Waals surface area contributed by atoms with E-state index in [0.29, 0.717) is 28.5 Å². The van der Waals surface area contributed by atoms with E-state index in [4.69, 9.17) is 14.2 Å². The largest absolute Gasteiger partial charge is 0.496 e. The first-order chi connectivity index (χ1) is 14.6. The lowest BCUT2D eigenvalue weighted by molar-refractivity contribution is -0.136. The number of ether oxygens (including phenoxy) is 3. The summed E-state index contributed by atoms with van der Waals surface area (Å²) >= 11 is 0. The van der Waals surface area contributed by atoms with Gasteiger partial charge < -0.3 is 19.5 Å². The summed E-state index contributed by atoms with van der Waals surface area (Å²) in [6, 6.07) is 16.3. The molecule has 3 rings (SSSR count). The number of nitrogens with zero attached hydrogens (tertiary/aromatic N) is 1. The van der Waals surface area contributed by atoms with Gasteiger partial charge in [0.25, 0.3) is 0 Å². The number of anilines is 1. The van der Waals surface area contributed by atoms with E-state index in [1.165, 1.54) is 27.5 Å². The molecule has 0 atom stereocenters. The molecule has 0 heterocycles. The first-order valence-electron chi connectivity index (χ1n) is 8.99. The van der Waals surface area contributed by atoms with Crippen LogP contribution in [-0.4, -0.2) is 39.4 Å². The molecule has 0 unspecified atom stereocenters. The highest BCUT2D eigenvalue weighted by Gasteiger charge is 2.15. The Morgan fingerprint density at radius 1 is 0.833 bits per heavy atom. The number of nitrogens with one attached hydrogen (secondary N) is 2. The summed E-state index contributed by atoms with van der Waals surface area (Å²) in [5, 5.41) is 8.23. The van der Waals surface area contributed by atoms with Crippen molar-refractivity contribution >= 4 is 34.5 Å². The van der Waals surface area contributed by atoms with Crippen molar-refractivity contribution in [1.29, 1.82) is 0 Å². The Hall–Kier alpha value is -4.07. The Bertz CT molecular complexity index is 1110. The number of rotatable bonds is 6. The van der Waals surface area contributed by atoms with Crippen molar-refractivity contribution in [3.63, 3.8) is 0 Å². The van der Waals surface area contributed by atoms with E-state index in [-0.39, 0.29) is 0 Å². The van der Waals surface area contributed by atoms with Crippen LogP contribution in [0.25, 0.3) is 10.8 Å². The third-order valence-electron chi connectivity index (χ3n) is 4.35. The number of hydrazone groups is 1. The van der Waals surface area contributed by atoms with E-state index >= 15 is 0 Å². The van der Waals surface area contributed by atoms with Crippen LogP contribution in [0, 0.1) is 0 Å². The Labute approximate surface area is 173 Å². The molecule has 8 nitrogen and oxygen atoms in total. The number of hydrogen-bond donors (Lipinski definition) is 2. The number of carbonyl (C=O) groups excluding carboxylic acids is 2. The lowest BCUT2D eigenvalue weighted by Crippen LogP contribution is -2.32. The summed E-state index contributed by atoms with van der Waals surface area (Å²) in [5.74, 6) is -0.308. The minimum atomic E-state index is -0.904. The second-order valence-corrected chi connectivity index (χ2v) is 6.13. The highest BCUT2D eigenvalue weighted by Crippen LogP contribution is 2.33. The van der Waals surface area contributed by atoms with Crippen LogP contribution in [0.5, 0.6) is 17.2 Å². The van der Waals surface area contributed by atoms with Crippen molar-refractivity contribution in [1.82, 2.24) is 5.43 Å². The minimum absolute atomic E-state index is 0.464. The molecule has 3 aromatic rings. The molecule has 0 fully saturated rings. The predicted octanol–water partition coefficient (Wildman–Crippen LogP) is 2.95. The third-order valence-corrected chi connectivity index (χ3v) is 4.35. The van der Waals surface area contributed by atoms with Crippen molar-refractivity contribution in [2.45, 2.75) is 0 Å². The highest BCUT2D eigenvalue weighted by molar-refractivity contribution is 6.40. The van der Waals surface area contributed by atoms with Crippen molar-refractivity contribution in [3.05, 3.63) is 60.2 Å². The molecule has 0 aliphatic heterocycles. The van der Waals surface area contributed by atoms with Crippen LogP contribution in [-0.2, 0) is 9.59 Å². The molecule has 8 heteroatoms. The fourth-order valence-corrected chi connectivity index (χ4v) is 2.88. The standard InChI is InChI=1S/C22H21N3O5/c1-28-18-12-20(30-3)19(29-2)11-15(18)13-23-25-22(27)21(26)24-17-10-6-8-14-7-4-5-9-16(14)17/h4-13H,1-3H3,(H,24,26)(H,25,27)/b23-13-. The normalized spacial score (nSPS) is 10.6. The van der Waals surface area contributed by atoms with Gasteiger partial charge in [-0.2, -0.15) is 5.10 Å². The van der Waals surface area contributed by atoms with Crippen LogP contribution in [0.15, 0.2) is 59.7 Å². The number of carbonyl (C=O) groups is 2. The SMILES string of the molecule is COc1cc(OC)c(OC)cc1/C=N\NC(=O)C(=O)Nc1cccc2ccccc12. The zero-order valence-electron chi connectivity index (χ0n) is 16.8. The summed E-state index contributed by atoms with van der Waals surface area (Å²) < 4.78 is 15.8. The average Bonchev–Trinajstić information content (AvgIpc) is 2.78. The van der Waals surface area contributed by atoms with Gasteiger partial charge in [0.15, 0.2) is 11.5 Å². The molecule has 0 radical (unpaired) electrons. The van der Waals surface area contributed by atoms with E-state index in [0.717, 1.165) is 10.8 Å². The predicted molar refractivity (Wildman–Crippen MR) is 114 cm³/mol. The molecule has 0 spiro atoms. The molecule has 2 N–H and O–H groups in total. The number of amides is 2. The van der Waals surface area contributed by atoms with Gasteiger partial charge in [-0.15, -0.1) is 0 Å². The fraction of sp³-hybridized carbons (Fsp3) is 0.136. The van der Waals surface area contributed by atoms with Gasteiger partial charge in [-0.1, -0.05) is 36.4 Å². The molecule has 0 saturated heterocycles. The topological polar surface area (TPSA) is 98.2 Å². The molecule has 2 amide bonds. The van der Waals surface area contributed by atoms with E-state index in [9.17, 15) is 9.59 Å². The molecule has 30 heavy (non-hydrogen) atoms. The Balaban J connectivity index is 1.70. The Morgan fingerprint density at radius 3 is 2.23 bits per heavy atom. The average molecular weight is 407 g/mol. The molecule has 3 aromatic carbocycles. The van der Waals surface area contributed by atoms with Gasteiger partial charge in [0.2, 0.25) is 0 Å². The Morgan fingerprint density at radius 2 is 1.50 bits per heavy atom. The molecular weight excluding hydrogens is 386 g/mol. The van der Waals surface area contributed by atoms with Crippen LogP contribution in [0.3, 0.4) is 0 Å². The second kappa shape index (κ2) is 9.42. The van der Waals surface area contributed by atoms with Gasteiger partial charge in [-0.3, -0.25) is 9.59 Å². The van der Waals surface area contributed by atoms with Gasteiger partial charge in [-0.05, 0) is 17.5 Å². The summed E-state index contributed by atoms with van der Waals surface area (Å²) in [5.41, 5.74) is 3.28. The summed E-state index contributed by atoms with van der Waals surface area (Å²) in [6.45, 7) is 0. The number of fused-ring (bicyclic) bond motifs is 1. The van der Waals surface area contributed by atoms with Gasteiger partial charge >= 0.3 is 11.8 Å². The van der Waals surface area contributed by atoms with Crippen molar-refractivity contribution < 1.29 is 23.8 Å². The monoisotopic (exact) mass is 407 g/mol. The quantitative estimate of drug-likeness (QED) is 0.372. The second-order valence-electron chi connectivity index (χ2n) is 6.13. The highest BCUT2D eigenvalue weighted by atomic mass is 16.5. The summed E-state index contributed by atoms with van der Waals surface area (Å²) in [6.07, 6.45) is 1.35. The van der Waals surface area contributed by atoms with Gasteiger partial charge in [0, 0.05) is 22.7 Å². The molecule has 0 saturated carbocycles. The molecular formula is C22H21N3O5. The zero-order chi connectivity index (χ0) is 21.5. The van der Waals surface area contributed by atoms with Crippen molar-refractivity contribution in [3.8, 4) is 17.2 Å². The number of methoxy groups -OCH3 is 3. The van der Waals surface area contributed by atoms with Gasteiger partial charge in [0.05, 0.1) is 27.5 Å². The van der Waals surface area contributed by atoms with Crippen LogP contribution in [0.4, 0.5) is 5.69 Å². The molecule has 154 valence electrons. The van der Waals surface area contributed by atoms with Crippen molar-refractivity contribution in [2.75, 3.05) is 26.6 Å². The summed E-state index contributed by atoms with van der Waals surface area (Å²) in [7, 11) is 4.51. The Kier molecular flexibility index (Phi) is 6.49. The van der Waals surface area contributed by atoms with E-state index in [1.807, 2.05) is 30.3 Å². The van der Waals surface area contributed by atoms with E-state index < -0.39 is 11.8 Å². The van der Waals surface area contributed by atoms with Crippen LogP contribution in [0.2, 0.25) is 0 Å². The molecule has 0 aliphatic rings. The third kappa shape index (κ3) is 4.49. The lowest BCUT2D eigenvalue weighted by Gasteiger charge is -2.11. The molecule has 0 aromatic heterocycles. The first kappa shape index (κ1) is 20.7. The van der Waals surface area contributed by atoms with Crippen molar-refractivity contribution in [2.24, 2.45) is 5.10 Å². The fourth-order valence-electron chi connectivity index (χ4n) is 2.88. The maximum Gasteiger partial charge on any atom is 0.329 e. The van der Waals surface area contributed by atoms with E-state index in [2.05, 4.69) is 15.8 Å². The lowest BCUT2D eigenvalue weighted by atomic mass is 10.1. The number of benzene rings is 3. The zero-order valence-corrected chi connectivity index (χ0v) is 16.8. The molecule has 0 bridgehead atoms. The summed E-state index contributed by atoms with van der Waals surface area (Å²) in [4.78, 5) is 24.4. The number of hydrogen-bond acceptors (Lipinski definition) is 6. The minimum Gasteiger partial charge on any atom is -0.496 e. The van der Waals surface area contributed by atoms with Crippen LogP contribution in [0.1, 0.15) is 5.56 Å².